The van der Waals surface area contributed by atoms with Crippen molar-refractivity contribution in [2.45, 2.75) is 0 Å². The van der Waals surface area contributed by atoms with Crippen molar-refractivity contribution >= 4 is 27.7 Å². The predicted octanol–water partition coefficient (Wildman–Crippen LogP) is 1.09. The third-order valence-corrected chi connectivity index (χ3v) is 3.83. The SMILES string of the molecule is NC(CN1CCN(C(=O)c2ccc(Br)cc2F)CC1)=NO. The molecular formula is C13H16BrFN4O2. The maximum atomic E-state index is 13.8. The number of piperazine rings is 1. The van der Waals surface area contributed by atoms with E-state index in [0.717, 1.165) is 0 Å². The van der Waals surface area contributed by atoms with Gasteiger partial charge < -0.3 is 15.8 Å². The normalized spacial score (nSPS) is 17.0. The van der Waals surface area contributed by atoms with E-state index in [1.807, 2.05) is 4.90 Å². The van der Waals surface area contributed by atoms with Crippen molar-refractivity contribution in [3.05, 3.63) is 34.1 Å². The Bertz CT molecular complexity index is 559. The summed E-state index contributed by atoms with van der Waals surface area (Å²) in [6.07, 6.45) is 0. The largest absolute Gasteiger partial charge is 0.409 e. The third kappa shape index (κ3) is 3.92. The molecule has 8 heteroatoms. The van der Waals surface area contributed by atoms with Crippen molar-refractivity contribution in [3.63, 3.8) is 0 Å². The van der Waals surface area contributed by atoms with Crippen LogP contribution in [-0.2, 0) is 0 Å². The van der Waals surface area contributed by atoms with Gasteiger partial charge in [-0.3, -0.25) is 9.69 Å². The number of rotatable bonds is 3. The van der Waals surface area contributed by atoms with Gasteiger partial charge >= 0.3 is 0 Å². The van der Waals surface area contributed by atoms with Crippen LogP contribution in [0.2, 0.25) is 0 Å². The summed E-state index contributed by atoms with van der Waals surface area (Å²) in [6.45, 7) is 2.51. The lowest BCUT2D eigenvalue weighted by molar-refractivity contribution is 0.0648. The molecule has 0 aliphatic carbocycles. The fourth-order valence-corrected chi connectivity index (χ4v) is 2.54. The molecule has 1 amide bonds. The lowest BCUT2D eigenvalue weighted by Gasteiger charge is -2.34. The van der Waals surface area contributed by atoms with Crippen LogP contribution in [0, 0.1) is 5.82 Å². The Hall–Kier alpha value is -1.67. The number of amidine groups is 1. The molecule has 1 fully saturated rings. The molecule has 0 aromatic heterocycles. The van der Waals surface area contributed by atoms with E-state index in [9.17, 15) is 9.18 Å². The third-order valence-electron chi connectivity index (χ3n) is 3.34. The number of carbonyl (C=O) groups is 1. The molecule has 0 atom stereocenters. The summed E-state index contributed by atoms with van der Waals surface area (Å²) in [7, 11) is 0. The first kappa shape index (κ1) is 15.7. The summed E-state index contributed by atoms with van der Waals surface area (Å²) >= 11 is 3.16. The van der Waals surface area contributed by atoms with Gasteiger partial charge in [0.2, 0.25) is 0 Å². The molecule has 3 N–H and O–H groups in total. The Morgan fingerprint density at radius 1 is 1.38 bits per heavy atom. The fraction of sp³-hybridized carbons (Fsp3) is 0.385. The van der Waals surface area contributed by atoms with E-state index >= 15 is 0 Å². The van der Waals surface area contributed by atoms with Gasteiger partial charge in [0, 0.05) is 30.7 Å². The molecule has 0 saturated carbocycles. The Kier molecular flexibility index (Phi) is 5.13. The topological polar surface area (TPSA) is 82.2 Å². The highest BCUT2D eigenvalue weighted by atomic mass is 79.9. The monoisotopic (exact) mass is 358 g/mol. The highest BCUT2D eigenvalue weighted by Crippen LogP contribution is 2.17. The quantitative estimate of drug-likeness (QED) is 0.366. The number of nitrogens with zero attached hydrogens (tertiary/aromatic N) is 3. The number of hydrogen-bond acceptors (Lipinski definition) is 4. The Morgan fingerprint density at radius 2 is 2.05 bits per heavy atom. The molecule has 1 aromatic rings. The first-order valence-corrected chi connectivity index (χ1v) is 7.23. The summed E-state index contributed by atoms with van der Waals surface area (Å²) in [5.41, 5.74) is 5.52. The second kappa shape index (κ2) is 6.86. The minimum absolute atomic E-state index is 0.0723. The average molecular weight is 359 g/mol. The molecule has 1 aliphatic rings. The fourth-order valence-electron chi connectivity index (χ4n) is 2.20. The number of amides is 1. The van der Waals surface area contributed by atoms with Crippen LogP contribution in [0.1, 0.15) is 10.4 Å². The number of benzene rings is 1. The van der Waals surface area contributed by atoms with Gasteiger partial charge in [0.1, 0.15) is 5.82 Å². The lowest BCUT2D eigenvalue weighted by atomic mass is 10.1. The molecule has 6 nitrogen and oxygen atoms in total. The first-order valence-electron chi connectivity index (χ1n) is 6.44. The molecular weight excluding hydrogens is 343 g/mol. The highest BCUT2D eigenvalue weighted by molar-refractivity contribution is 9.10. The molecule has 2 rings (SSSR count). The van der Waals surface area contributed by atoms with Crippen LogP contribution < -0.4 is 5.73 Å². The van der Waals surface area contributed by atoms with Gasteiger partial charge in [0.25, 0.3) is 5.91 Å². The van der Waals surface area contributed by atoms with Crippen LogP contribution in [0.15, 0.2) is 27.8 Å². The van der Waals surface area contributed by atoms with E-state index in [1.54, 1.807) is 11.0 Å². The number of halogens is 2. The van der Waals surface area contributed by atoms with Crippen molar-refractivity contribution in [1.29, 1.82) is 0 Å². The van der Waals surface area contributed by atoms with Gasteiger partial charge in [-0.25, -0.2) is 4.39 Å². The van der Waals surface area contributed by atoms with Crippen molar-refractivity contribution in [2.75, 3.05) is 32.7 Å². The van der Waals surface area contributed by atoms with E-state index in [0.29, 0.717) is 37.2 Å². The maximum Gasteiger partial charge on any atom is 0.256 e. The number of oxime groups is 1. The van der Waals surface area contributed by atoms with Crippen molar-refractivity contribution < 1.29 is 14.4 Å². The van der Waals surface area contributed by atoms with E-state index in [1.165, 1.54) is 12.1 Å². The minimum atomic E-state index is -0.534. The molecule has 21 heavy (non-hydrogen) atoms. The molecule has 0 spiro atoms. The number of hydrogen-bond donors (Lipinski definition) is 2. The van der Waals surface area contributed by atoms with Crippen molar-refractivity contribution in [1.82, 2.24) is 9.80 Å². The second-order valence-corrected chi connectivity index (χ2v) is 5.70. The molecule has 0 unspecified atom stereocenters. The van der Waals surface area contributed by atoms with Gasteiger partial charge in [0.15, 0.2) is 5.84 Å². The Labute approximate surface area is 130 Å². The summed E-state index contributed by atoms with van der Waals surface area (Å²) in [5.74, 6) is -0.717. The molecule has 1 saturated heterocycles. The van der Waals surface area contributed by atoms with Crippen LogP contribution >= 0.6 is 15.9 Å². The second-order valence-electron chi connectivity index (χ2n) is 4.78. The molecule has 0 radical (unpaired) electrons. The molecule has 1 aliphatic heterocycles. The van der Waals surface area contributed by atoms with Gasteiger partial charge in [-0.05, 0) is 18.2 Å². The molecule has 1 aromatic carbocycles. The molecule has 0 bridgehead atoms. The maximum absolute atomic E-state index is 13.8. The number of nitrogens with two attached hydrogens (primary N) is 1. The van der Waals surface area contributed by atoms with Gasteiger partial charge in [-0.15, -0.1) is 0 Å². The average Bonchev–Trinajstić information content (AvgIpc) is 2.47. The highest BCUT2D eigenvalue weighted by Gasteiger charge is 2.24. The van der Waals surface area contributed by atoms with Gasteiger partial charge in [0.05, 0.1) is 12.1 Å². The van der Waals surface area contributed by atoms with Gasteiger partial charge in [-0.2, -0.15) is 0 Å². The standard InChI is InChI=1S/C13H16BrFN4O2/c14-9-1-2-10(11(15)7-9)13(20)19-5-3-18(4-6-19)8-12(16)17-21/h1-2,7,21H,3-6,8H2,(H2,16,17). The number of carbonyl (C=O) groups excluding carboxylic acids is 1. The zero-order valence-corrected chi connectivity index (χ0v) is 12.9. The van der Waals surface area contributed by atoms with E-state index in [2.05, 4.69) is 21.1 Å². The van der Waals surface area contributed by atoms with Crippen LogP contribution in [-0.4, -0.2) is 59.5 Å². The Morgan fingerprint density at radius 3 is 2.62 bits per heavy atom. The lowest BCUT2D eigenvalue weighted by Crippen LogP contribution is -2.50. The summed E-state index contributed by atoms with van der Waals surface area (Å²) in [6, 6.07) is 4.40. The van der Waals surface area contributed by atoms with Crippen LogP contribution in [0.25, 0.3) is 0 Å². The molecule has 1 heterocycles. The summed E-state index contributed by atoms with van der Waals surface area (Å²) < 4.78 is 14.4. The van der Waals surface area contributed by atoms with E-state index in [4.69, 9.17) is 10.9 Å². The molecule has 114 valence electrons. The van der Waals surface area contributed by atoms with Gasteiger partial charge in [-0.1, -0.05) is 21.1 Å². The van der Waals surface area contributed by atoms with Crippen molar-refractivity contribution in [2.24, 2.45) is 10.9 Å². The zero-order valence-electron chi connectivity index (χ0n) is 11.3. The van der Waals surface area contributed by atoms with E-state index in [-0.39, 0.29) is 17.3 Å². The zero-order chi connectivity index (χ0) is 15.4. The smallest absolute Gasteiger partial charge is 0.256 e. The van der Waals surface area contributed by atoms with Crippen LogP contribution in [0.4, 0.5) is 4.39 Å². The summed E-state index contributed by atoms with van der Waals surface area (Å²) in [4.78, 5) is 15.9. The van der Waals surface area contributed by atoms with Crippen LogP contribution in [0.3, 0.4) is 0 Å². The Balaban J connectivity index is 1.97. The first-order chi connectivity index (χ1) is 10.0. The van der Waals surface area contributed by atoms with Crippen LogP contribution in [0.5, 0.6) is 0 Å². The van der Waals surface area contributed by atoms with E-state index < -0.39 is 5.82 Å². The van der Waals surface area contributed by atoms with Crippen molar-refractivity contribution in [3.8, 4) is 0 Å². The summed E-state index contributed by atoms with van der Waals surface area (Å²) in [5, 5.41) is 11.5. The minimum Gasteiger partial charge on any atom is -0.409 e. The predicted molar refractivity (Wildman–Crippen MR) is 79.9 cm³/mol.